The van der Waals surface area contributed by atoms with E-state index in [1.165, 1.54) is 5.56 Å². The van der Waals surface area contributed by atoms with Crippen LogP contribution in [-0.4, -0.2) is 35.8 Å². The van der Waals surface area contributed by atoms with Crippen molar-refractivity contribution in [3.05, 3.63) is 29.8 Å². The van der Waals surface area contributed by atoms with Crippen molar-refractivity contribution in [2.24, 2.45) is 11.7 Å². The van der Waals surface area contributed by atoms with Gasteiger partial charge < -0.3 is 11.1 Å². The molecule has 3 N–H and O–H groups in total. The number of rotatable bonds is 5. The first-order valence-electron chi connectivity index (χ1n) is 7.94. The van der Waals surface area contributed by atoms with E-state index in [0.29, 0.717) is 0 Å². The van der Waals surface area contributed by atoms with Crippen LogP contribution < -0.4 is 11.1 Å². The summed E-state index contributed by atoms with van der Waals surface area (Å²) in [7, 11) is 0. The summed E-state index contributed by atoms with van der Waals surface area (Å²) in [4.78, 5) is 25.6. The lowest BCUT2D eigenvalue weighted by molar-refractivity contribution is -0.124. The molecule has 1 fully saturated rings. The van der Waals surface area contributed by atoms with Gasteiger partial charge in [-0.2, -0.15) is 0 Å². The monoisotopic (exact) mass is 303 g/mol. The number of carbonyl (C=O) groups is 2. The van der Waals surface area contributed by atoms with Crippen LogP contribution in [0.2, 0.25) is 0 Å². The molecule has 2 amide bonds. The zero-order valence-corrected chi connectivity index (χ0v) is 13.3. The highest BCUT2D eigenvalue weighted by molar-refractivity contribution is 5.94. The van der Waals surface area contributed by atoms with Crippen molar-refractivity contribution in [1.29, 1.82) is 0 Å². The van der Waals surface area contributed by atoms with E-state index in [1.54, 1.807) is 0 Å². The van der Waals surface area contributed by atoms with Crippen LogP contribution in [0.15, 0.2) is 24.3 Å². The third-order valence-corrected chi connectivity index (χ3v) is 4.49. The molecule has 1 saturated heterocycles. The summed E-state index contributed by atoms with van der Waals surface area (Å²) in [5.41, 5.74) is 7.41. The number of amides is 2. The zero-order valence-electron chi connectivity index (χ0n) is 13.3. The summed E-state index contributed by atoms with van der Waals surface area (Å²) < 4.78 is 0. The maximum atomic E-state index is 12.3. The summed E-state index contributed by atoms with van der Waals surface area (Å²) in [5, 5.41) is 2.95. The van der Waals surface area contributed by atoms with Gasteiger partial charge in [-0.15, -0.1) is 0 Å². The topological polar surface area (TPSA) is 75.4 Å². The number of nitrogens with zero attached hydrogens (tertiary/aromatic N) is 1. The Morgan fingerprint density at radius 2 is 1.86 bits per heavy atom. The second-order valence-corrected chi connectivity index (χ2v) is 5.93. The van der Waals surface area contributed by atoms with Crippen LogP contribution in [0.4, 0.5) is 5.69 Å². The van der Waals surface area contributed by atoms with Crippen LogP contribution in [0.3, 0.4) is 0 Å². The van der Waals surface area contributed by atoms with Gasteiger partial charge in [-0.05, 0) is 57.0 Å². The molecule has 1 atom stereocenters. The molecule has 1 aliphatic rings. The quantitative estimate of drug-likeness (QED) is 0.870. The van der Waals surface area contributed by atoms with Crippen molar-refractivity contribution in [3.8, 4) is 0 Å². The van der Waals surface area contributed by atoms with Gasteiger partial charge in [0.05, 0.1) is 6.04 Å². The highest BCUT2D eigenvalue weighted by atomic mass is 16.2. The average Bonchev–Trinajstić information content (AvgIpc) is 2.55. The predicted molar refractivity (Wildman–Crippen MR) is 87.4 cm³/mol. The minimum absolute atomic E-state index is 0.0122. The predicted octanol–water partition coefficient (Wildman–Crippen LogP) is 1.77. The van der Waals surface area contributed by atoms with Gasteiger partial charge in [-0.25, -0.2) is 0 Å². The molecule has 0 radical (unpaired) electrons. The summed E-state index contributed by atoms with van der Waals surface area (Å²) in [6.45, 7) is 5.47. The van der Waals surface area contributed by atoms with E-state index in [1.807, 2.05) is 31.2 Å². The standard InChI is InChI=1S/C17H25N3O2/c1-3-13-4-6-15(7-5-13)19-17(22)12(2)20-10-8-14(9-11-20)16(18)21/h4-7,12,14H,3,8-11H2,1-2H3,(H2,18,21)(H,19,22)/t12-/m0/s1. The SMILES string of the molecule is CCc1ccc(NC(=O)[C@H](C)N2CCC(C(N)=O)CC2)cc1. The molecule has 1 aromatic rings. The van der Waals surface area contributed by atoms with E-state index >= 15 is 0 Å². The number of hydrogen-bond donors (Lipinski definition) is 2. The molecule has 0 saturated carbocycles. The fourth-order valence-electron chi connectivity index (χ4n) is 2.81. The van der Waals surface area contributed by atoms with Crippen LogP contribution in [0, 0.1) is 5.92 Å². The Morgan fingerprint density at radius 3 is 2.36 bits per heavy atom. The molecular weight excluding hydrogens is 278 g/mol. The molecule has 0 spiro atoms. The van der Waals surface area contributed by atoms with Crippen LogP contribution in [0.25, 0.3) is 0 Å². The first-order valence-corrected chi connectivity index (χ1v) is 7.94. The zero-order chi connectivity index (χ0) is 16.1. The number of aryl methyl sites for hydroxylation is 1. The number of primary amides is 1. The van der Waals surface area contributed by atoms with Gasteiger partial charge in [0.2, 0.25) is 11.8 Å². The van der Waals surface area contributed by atoms with Gasteiger partial charge >= 0.3 is 0 Å². The minimum Gasteiger partial charge on any atom is -0.369 e. The third kappa shape index (κ3) is 4.07. The van der Waals surface area contributed by atoms with Gasteiger partial charge in [0.25, 0.3) is 0 Å². The molecule has 5 heteroatoms. The first kappa shape index (κ1) is 16.5. The maximum Gasteiger partial charge on any atom is 0.241 e. The minimum atomic E-state index is -0.229. The van der Waals surface area contributed by atoms with Crippen molar-refractivity contribution < 1.29 is 9.59 Å². The van der Waals surface area contributed by atoms with E-state index in [-0.39, 0.29) is 23.8 Å². The fourth-order valence-corrected chi connectivity index (χ4v) is 2.81. The average molecular weight is 303 g/mol. The Balaban J connectivity index is 1.88. The van der Waals surface area contributed by atoms with Gasteiger partial charge in [-0.1, -0.05) is 19.1 Å². The van der Waals surface area contributed by atoms with Gasteiger partial charge in [-0.3, -0.25) is 14.5 Å². The number of likely N-dealkylation sites (tertiary alicyclic amines) is 1. The van der Waals surface area contributed by atoms with E-state index in [0.717, 1.165) is 38.0 Å². The van der Waals surface area contributed by atoms with Crippen molar-refractivity contribution in [1.82, 2.24) is 4.90 Å². The van der Waals surface area contributed by atoms with Crippen molar-refractivity contribution >= 4 is 17.5 Å². The summed E-state index contributed by atoms with van der Waals surface area (Å²) >= 11 is 0. The van der Waals surface area contributed by atoms with Crippen molar-refractivity contribution in [2.45, 2.75) is 39.2 Å². The van der Waals surface area contributed by atoms with Crippen molar-refractivity contribution in [2.75, 3.05) is 18.4 Å². The van der Waals surface area contributed by atoms with Gasteiger partial charge in [0, 0.05) is 11.6 Å². The summed E-state index contributed by atoms with van der Waals surface area (Å²) in [5.74, 6) is -0.289. The molecule has 0 bridgehead atoms. The molecule has 0 aliphatic carbocycles. The second-order valence-electron chi connectivity index (χ2n) is 5.93. The van der Waals surface area contributed by atoms with E-state index in [2.05, 4.69) is 17.1 Å². The van der Waals surface area contributed by atoms with E-state index in [9.17, 15) is 9.59 Å². The number of nitrogens with two attached hydrogens (primary N) is 1. The molecule has 5 nitrogen and oxygen atoms in total. The van der Waals surface area contributed by atoms with Crippen LogP contribution in [-0.2, 0) is 16.0 Å². The highest BCUT2D eigenvalue weighted by Gasteiger charge is 2.28. The lowest BCUT2D eigenvalue weighted by Gasteiger charge is -2.34. The molecular formula is C17H25N3O2. The Labute approximate surface area is 131 Å². The molecule has 22 heavy (non-hydrogen) atoms. The number of carbonyl (C=O) groups excluding carboxylic acids is 2. The number of nitrogens with one attached hydrogen (secondary N) is 1. The molecule has 1 aliphatic heterocycles. The number of hydrogen-bond acceptors (Lipinski definition) is 3. The molecule has 2 rings (SSSR count). The van der Waals surface area contributed by atoms with Crippen LogP contribution >= 0.6 is 0 Å². The largest absolute Gasteiger partial charge is 0.369 e. The molecule has 0 unspecified atom stereocenters. The molecule has 0 aromatic heterocycles. The van der Waals surface area contributed by atoms with Crippen LogP contribution in [0.5, 0.6) is 0 Å². The first-order chi connectivity index (χ1) is 10.5. The fraction of sp³-hybridized carbons (Fsp3) is 0.529. The summed E-state index contributed by atoms with van der Waals surface area (Å²) in [6.07, 6.45) is 2.45. The Bertz CT molecular complexity index is 519. The normalized spacial score (nSPS) is 17.9. The molecule has 120 valence electrons. The third-order valence-electron chi connectivity index (χ3n) is 4.49. The highest BCUT2D eigenvalue weighted by Crippen LogP contribution is 2.19. The number of anilines is 1. The van der Waals surface area contributed by atoms with Crippen molar-refractivity contribution in [3.63, 3.8) is 0 Å². The van der Waals surface area contributed by atoms with Gasteiger partial charge in [0.15, 0.2) is 0 Å². The number of benzene rings is 1. The maximum absolute atomic E-state index is 12.3. The smallest absolute Gasteiger partial charge is 0.241 e. The van der Waals surface area contributed by atoms with Crippen LogP contribution in [0.1, 0.15) is 32.3 Å². The lowest BCUT2D eigenvalue weighted by atomic mass is 9.95. The second kappa shape index (κ2) is 7.40. The molecule has 1 aromatic carbocycles. The Hall–Kier alpha value is -1.88. The van der Waals surface area contributed by atoms with Gasteiger partial charge in [0.1, 0.15) is 0 Å². The number of piperidine rings is 1. The Kier molecular flexibility index (Phi) is 5.55. The van der Waals surface area contributed by atoms with E-state index in [4.69, 9.17) is 5.73 Å². The molecule has 1 heterocycles. The van der Waals surface area contributed by atoms with E-state index < -0.39 is 0 Å². The summed E-state index contributed by atoms with van der Waals surface area (Å²) in [6, 6.07) is 7.71. The Morgan fingerprint density at radius 1 is 1.27 bits per heavy atom. The lowest BCUT2D eigenvalue weighted by Crippen LogP contribution is -2.47.